The number of carbonyl (C=O) groups is 2. The molecule has 2 fully saturated rings. The first-order chi connectivity index (χ1) is 16.1. The van der Waals surface area contributed by atoms with E-state index in [0.717, 1.165) is 22.7 Å². The Hall–Kier alpha value is -2.82. The Morgan fingerprint density at radius 3 is 2.68 bits per heavy atom. The van der Waals surface area contributed by atoms with Crippen LogP contribution in [0.25, 0.3) is 0 Å². The number of sulfonamides is 1. The lowest BCUT2D eigenvalue weighted by molar-refractivity contribution is -0.159. The quantitative estimate of drug-likeness (QED) is 0.304. The van der Waals surface area contributed by atoms with Gasteiger partial charge < -0.3 is 21.7 Å². The van der Waals surface area contributed by atoms with E-state index >= 15 is 0 Å². The summed E-state index contributed by atoms with van der Waals surface area (Å²) in [6, 6.07) is 3.24. The molecule has 4 atom stereocenters. The molecule has 3 aliphatic heterocycles. The number of para-hydroxylation sites is 1. The van der Waals surface area contributed by atoms with E-state index in [1.165, 1.54) is 6.07 Å². The van der Waals surface area contributed by atoms with Crippen LogP contribution in [-0.4, -0.2) is 67.1 Å². The number of hydrogen-bond acceptors (Lipinski definition) is 6. The van der Waals surface area contributed by atoms with Crippen molar-refractivity contribution >= 4 is 33.5 Å². The Labute approximate surface area is 200 Å². The van der Waals surface area contributed by atoms with Gasteiger partial charge in [-0.2, -0.15) is 0 Å². The topological polar surface area (TPSA) is 151 Å². The number of hydrogen-bond donors (Lipinski definition) is 3. The van der Waals surface area contributed by atoms with Gasteiger partial charge in [0.05, 0.1) is 5.69 Å². The predicted molar refractivity (Wildman–Crippen MR) is 129 cm³/mol. The van der Waals surface area contributed by atoms with Crippen LogP contribution in [0.1, 0.15) is 45.1 Å². The number of rotatable bonds is 6. The van der Waals surface area contributed by atoms with E-state index in [9.17, 15) is 18.0 Å². The van der Waals surface area contributed by atoms with Crippen LogP contribution in [0.4, 0.5) is 5.69 Å². The molecule has 3 heterocycles. The van der Waals surface area contributed by atoms with Gasteiger partial charge in [-0.1, -0.05) is 26.0 Å². The van der Waals surface area contributed by atoms with Crippen molar-refractivity contribution in [2.24, 2.45) is 28.3 Å². The Kier molecular flexibility index (Phi) is 6.75. The Morgan fingerprint density at radius 2 is 1.94 bits per heavy atom. The van der Waals surface area contributed by atoms with E-state index in [0.29, 0.717) is 37.5 Å². The molecule has 10 nitrogen and oxygen atoms in total. The summed E-state index contributed by atoms with van der Waals surface area (Å²) in [5.41, 5.74) is 12.2. The molecule has 0 spiro atoms. The van der Waals surface area contributed by atoms with Gasteiger partial charge >= 0.3 is 0 Å². The minimum atomic E-state index is -4.29. The average Bonchev–Trinajstić information content (AvgIpc) is 2.78. The molecule has 0 radical (unpaired) electrons. The molecule has 4 rings (SSSR count). The van der Waals surface area contributed by atoms with Gasteiger partial charge in [0.25, 0.3) is 15.9 Å². The zero-order valence-electron chi connectivity index (χ0n) is 19.7. The van der Waals surface area contributed by atoms with Crippen molar-refractivity contribution in [3.63, 3.8) is 0 Å². The minimum Gasteiger partial charge on any atom is -0.383 e. The highest BCUT2D eigenvalue weighted by Crippen LogP contribution is 2.38. The summed E-state index contributed by atoms with van der Waals surface area (Å²) in [5, 5.41) is 3.24. The second kappa shape index (κ2) is 9.44. The van der Waals surface area contributed by atoms with Gasteiger partial charge in [-0.05, 0) is 55.6 Å². The molecule has 5 N–H and O–H groups in total. The first kappa shape index (κ1) is 24.3. The van der Waals surface area contributed by atoms with Gasteiger partial charge in [0, 0.05) is 19.6 Å². The second-order valence-electron chi connectivity index (χ2n) is 9.76. The molecule has 186 valence electrons. The third-order valence-corrected chi connectivity index (χ3v) is 8.84. The largest absolute Gasteiger partial charge is 0.383 e. The number of nitrogens with zero attached hydrogens (tertiary/aromatic N) is 3. The molecular weight excluding hydrogens is 456 g/mol. The molecule has 2 amide bonds. The van der Waals surface area contributed by atoms with Gasteiger partial charge in [0.15, 0.2) is 5.96 Å². The van der Waals surface area contributed by atoms with Crippen LogP contribution in [0.5, 0.6) is 0 Å². The zero-order chi connectivity index (χ0) is 24.6. The van der Waals surface area contributed by atoms with E-state index in [1.807, 2.05) is 13.0 Å². The van der Waals surface area contributed by atoms with Crippen molar-refractivity contribution in [2.75, 3.05) is 25.0 Å². The second-order valence-corrected chi connectivity index (χ2v) is 11.5. The van der Waals surface area contributed by atoms with Crippen LogP contribution in [0.2, 0.25) is 0 Å². The maximum absolute atomic E-state index is 14.0. The van der Waals surface area contributed by atoms with Crippen LogP contribution < -0.4 is 16.8 Å². The standard InChI is InChI=1S/C23H34N6O4S/c1-14-8-10-28-18(12-14)22(31)29(17(21(28)30)6-4-9-26-23(24)25)34(32,33)19-7-3-5-16-11-15(2)13-27-20(16)19/h3,5,7,14-15,17-18,27H,4,6,8-13H2,1-2H3,(H4,24,25,26)/t14-,15?,17+,18-/m1/s1. The van der Waals surface area contributed by atoms with Gasteiger partial charge in [0.2, 0.25) is 5.91 Å². The number of aliphatic imine (C=N–C) groups is 1. The maximum Gasteiger partial charge on any atom is 0.269 e. The number of anilines is 1. The fourth-order valence-electron chi connectivity index (χ4n) is 5.24. The van der Waals surface area contributed by atoms with Crippen molar-refractivity contribution in [1.29, 1.82) is 0 Å². The number of nitrogens with two attached hydrogens (primary N) is 2. The Bertz CT molecular complexity index is 1100. The SMILES string of the molecule is CC1CNc2c(cccc2S(=O)(=O)N2C(=O)[C@H]3C[C@H](C)CCN3C(=O)[C@@H]2CCCN=C(N)N)C1. The zero-order valence-corrected chi connectivity index (χ0v) is 20.6. The molecule has 1 unspecified atom stereocenters. The summed E-state index contributed by atoms with van der Waals surface area (Å²) in [6.07, 6.45) is 2.51. The number of benzene rings is 1. The van der Waals surface area contributed by atoms with Crippen molar-refractivity contribution in [2.45, 2.75) is 62.9 Å². The highest BCUT2D eigenvalue weighted by atomic mass is 32.2. The van der Waals surface area contributed by atoms with Gasteiger partial charge in [-0.15, -0.1) is 0 Å². The summed E-state index contributed by atoms with van der Waals surface area (Å²) in [7, 11) is -4.29. The number of nitrogens with one attached hydrogen (secondary N) is 1. The van der Waals surface area contributed by atoms with E-state index in [-0.39, 0.29) is 35.6 Å². The lowest BCUT2D eigenvalue weighted by Crippen LogP contribution is -2.67. The van der Waals surface area contributed by atoms with Crippen LogP contribution in [0.15, 0.2) is 28.1 Å². The molecule has 2 saturated heterocycles. The number of guanidine groups is 1. The summed E-state index contributed by atoms with van der Waals surface area (Å²) >= 11 is 0. The van der Waals surface area contributed by atoms with Gasteiger partial charge in [-0.25, -0.2) is 12.7 Å². The number of piperidine rings is 1. The molecule has 34 heavy (non-hydrogen) atoms. The van der Waals surface area contributed by atoms with Gasteiger partial charge in [-0.3, -0.25) is 14.6 Å². The predicted octanol–water partition coefficient (Wildman–Crippen LogP) is 0.871. The normalized spacial score (nSPS) is 27.0. The van der Waals surface area contributed by atoms with Crippen molar-refractivity contribution in [1.82, 2.24) is 9.21 Å². The van der Waals surface area contributed by atoms with Crippen molar-refractivity contribution in [3.05, 3.63) is 23.8 Å². The minimum absolute atomic E-state index is 0.0459. The number of piperazine rings is 1. The molecule has 0 aromatic heterocycles. The smallest absolute Gasteiger partial charge is 0.269 e. The van der Waals surface area contributed by atoms with Crippen molar-refractivity contribution < 1.29 is 18.0 Å². The van der Waals surface area contributed by atoms with Crippen LogP contribution in [0.3, 0.4) is 0 Å². The number of fused-ring (bicyclic) bond motifs is 2. The van der Waals surface area contributed by atoms with Crippen LogP contribution in [-0.2, 0) is 26.0 Å². The fraction of sp³-hybridized carbons (Fsp3) is 0.609. The lowest BCUT2D eigenvalue weighted by Gasteiger charge is -2.47. The first-order valence-corrected chi connectivity index (χ1v) is 13.3. The van der Waals surface area contributed by atoms with Crippen LogP contribution in [0, 0.1) is 11.8 Å². The summed E-state index contributed by atoms with van der Waals surface area (Å²) in [4.78, 5) is 32.8. The van der Waals surface area contributed by atoms with Crippen molar-refractivity contribution in [3.8, 4) is 0 Å². The van der Waals surface area contributed by atoms with E-state index in [1.54, 1.807) is 11.0 Å². The molecule has 1 aromatic carbocycles. The molecule has 11 heteroatoms. The van der Waals surface area contributed by atoms with E-state index in [2.05, 4.69) is 17.2 Å². The van der Waals surface area contributed by atoms with E-state index < -0.39 is 28.0 Å². The third-order valence-electron chi connectivity index (χ3n) is 6.99. The summed E-state index contributed by atoms with van der Waals surface area (Å²) < 4.78 is 28.9. The molecule has 0 saturated carbocycles. The molecule has 1 aromatic rings. The molecule has 0 aliphatic carbocycles. The Balaban J connectivity index is 1.74. The molecule has 3 aliphatic rings. The fourth-order valence-corrected chi connectivity index (χ4v) is 7.06. The average molecular weight is 491 g/mol. The third kappa shape index (κ3) is 4.45. The highest BCUT2D eigenvalue weighted by molar-refractivity contribution is 7.90. The summed E-state index contributed by atoms with van der Waals surface area (Å²) in [6.45, 7) is 5.45. The molecular formula is C23H34N6O4S. The van der Waals surface area contributed by atoms with E-state index in [4.69, 9.17) is 11.5 Å². The lowest BCUT2D eigenvalue weighted by atomic mass is 9.89. The van der Waals surface area contributed by atoms with Gasteiger partial charge in [0.1, 0.15) is 17.0 Å². The summed E-state index contributed by atoms with van der Waals surface area (Å²) in [5.74, 6) is -0.328. The first-order valence-electron chi connectivity index (χ1n) is 11.9. The number of carbonyl (C=O) groups excluding carboxylic acids is 2. The highest BCUT2D eigenvalue weighted by Gasteiger charge is 2.52. The maximum atomic E-state index is 14.0. The number of amides is 2. The van der Waals surface area contributed by atoms with Crippen LogP contribution >= 0.6 is 0 Å². The Morgan fingerprint density at radius 1 is 1.18 bits per heavy atom. The molecule has 0 bridgehead atoms. The monoisotopic (exact) mass is 490 g/mol.